The van der Waals surface area contributed by atoms with Crippen LogP contribution in [0.1, 0.15) is 12.0 Å². The summed E-state index contributed by atoms with van der Waals surface area (Å²) in [6, 6.07) is 16.1. The largest absolute Gasteiger partial charge is 0.508 e. The van der Waals surface area contributed by atoms with Gasteiger partial charge in [0.05, 0.1) is 5.92 Å². The van der Waals surface area contributed by atoms with E-state index >= 15 is 0 Å². The Balaban J connectivity index is 1.60. The van der Waals surface area contributed by atoms with Gasteiger partial charge in [-0.1, -0.05) is 30.3 Å². The van der Waals surface area contributed by atoms with Crippen LogP contribution in [0.25, 0.3) is 0 Å². The number of benzene rings is 2. The molecule has 5 heteroatoms. The van der Waals surface area contributed by atoms with Crippen molar-refractivity contribution in [2.45, 2.75) is 13.0 Å². The monoisotopic (exact) mass is 310 g/mol. The van der Waals surface area contributed by atoms with Gasteiger partial charge in [-0.05, 0) is 29.8 Å². The van der Waals surface area contributed by atoms with Crippen LogP contribution in [0.3, 0.4) is 0 Å². The SMILES string of the molecule is O=C(NCc1ccccc1)[C@H]1CC(=O)N(c2ccc(O)cc2)C1. The molecule has 0 spiro atoms. The molecule has 1 heterocycles. The number of phenolic OH excluding ortho intramolecular Hbond substituents is 1. The summed E-state index contributed by atoms with van der Waals surface area (Å²) in [5.41, 5.74) is 1.73. The fourth-order valence-corrected chi connectivity index (χ4v) is 2.69. The minimum Gasteiger partial charge on any atom is -0.508 e. The summed E-state index contributed by atoms with van der Waals surface area (Å²) in [7, 11) is 0. The van der Waals surface area contributed by atoms with E-state index in [9.17, 15) is 14.7 Å². The van der Waals surface area contributed by atoms with Crippen LogP contribution >= 0.6 is 0 Å². The number of hydrogen-bond donors (Lipinski definition) is 2. The molecule has 5 nitrogen and oxygen atoms in total. The molecule has 3 rings (SSSR count). The molecular formula is C18H18N2O3. The second kappa shape index (κ2) is 6.52. The van der Waals surface area contributed by atoms with Crippen molar-refractivity contribution >= 4 is 17.5 Å². The average molecular weight is 310 g/mol. The first-order valence-electron chi connectivity index (χ1n) is 7.54. The lowest BCUT2D eigenvalue weighted by atomic mass is 10.1. The first-order chi connectivity index (χ1) is 11.1. The maximum Gasteiger partial charge on any atom is 0.227 e. The van der Waals surface area contributed by atoms with E-state index in [-0.39, 0.29) is 29.9 Å². The van der Waals surface area contributed by atoms with Crippen LogP contribution < -0.4 is 10.2 Å². The molecule has 1 aliphatic rings. The van der Waals surface area contributed by atoms with Crippen molar-refractivity contribution < 1.29 is 14.7 Å². The Labute approximate surface area is 134 Å². The maximum absolute atomic E-state index is 12.3. The van der Waals surface area contributed by atoms with Crippen molar-refractivity contribution in [3.8, 4) is 5.75 Å². The van der Waals surface area contributed by atoms with Crippen LogP contribution in [0.4, 0.5) is 5.69 Å². The van der Waals surface area contributed by atoms with Gasteiger partial charge in [0.1, 0.15) is 5.75 Å². The Hall–Kier alpha value is -2.82. The van der Waals surface area contributed by atoms with Crippen LogP contribution in [0.5, 0.6) is 5.75 Å². The summed E-state index contributed by atoms with van der Waals surface area (Å²) in [6.07, 6.45) is 0.210. The Bertz CT molecular complexity index is 698. The standard InChI is InChI=1S/C18H18N2O3/c21-16-8-6-15(7-9-16)20-12-14(10-17(20)22)18(23)19-11-13-4-2-1-3-5-13/h1-9,14,21H,10-12H2,(H,19,23)/t14-/m0/s1. The number of nitrogens with zero attached hydrogens (tertiary/aromatic N) is 1. The van der Waals surface area contributed by atoms with Crippen LogP contribution in [0, 0.1) is 5.92 Å². The molecule has 118 valence electrons. The fraction of sp³-hybridized carbons (Fsp3) is 0.222. The minimum absolute atomic E-state index is 0.0736. The molecule has 0 saturated carbocycles. The van der Waals surface area contributed by atoms with Gasteiger partial charge in [0.15, 0.2) is 0 Å². The molecule has 1 saturated heterocycles. The van der Waals surface area contributed by atoms with E-state index in [1.54, 1.807) is 17.0 Å². The van der Waals surface area contributed by atoms with Crippen LogP contribution in [-0.2, 0) is 16.1 Å². The molecule has 23 heavy (non-hydrogen) atoms. The van der Waals surface area contributed by atoms with E-state index < -0.39 is 0 Å². The second-order valence-electron chi connectivity index (χ2n) is 5.63. The zero-order chi connectivity index (χ0) is 16.2. The fourth-order valence-electron chi connectivity index (χ4n) is 2.69. The van der Waals surface area contributed by atoms with E-state index in [0.717, 1.165) is 5.56 Å². The van der Waals surface area contributed by atoms with Crippen LogP contribution in [0.2, 0.25) is 0 Å². The number of amides is 2. The minimum atomic E-state index is -0.347. The predicted molar refractivity (Wildman–Crippen MR) is 86.9 cm³/mol. The van der Waals surface area contributed by atoms with Gasteiger partial charge in [-0.25, -0.2) is 0 Å². The third-order valence-electron chi connectivity index (χ3n) is 3.97. The lowest BCUT2D eigenvalue weighted by Crippen LogP contribution is -2.32. The normalized spacial score (nSPS) is 17.3. The molecule has 2 aromatic carbocycles. The molecule has 0 aliphatic carbocycles. The Morgan fingerprint density at radius 2 is 1.83 bits per heavy atom. The highest BCUT2D eigenvalue weighted by Crippen LogP contribution is 2.26. The molecule has 2 amide bonds. The summed E-state index contributed by atoms with van der Waals surface area (Å²) in [5, 5.41) is 12.2. The number of rotatable bonds is 4. The predicted octanol–water partition coefficient (Wildman–Crippen LogP) is 2.06. The second-order valence-corrected chi connectivity index (χ2v) is 5.63. The van der Waals surface area contributed by atoms with Crippen LogP contribution in [-0.4, -0.2) is 23.5 Å². The summed E-state index contributed by atoms with van der Waals surface area (Å²) < 4.78 is 0. The summed E-state index contributed by atoms with van der Waals surface area (Å²) in [5.74, 6) is -0.378. The van der Waals surface area contributed by atoms with Crippen molar-refractivity contribution in [3.63, 3.8) is 0 Å². The van der Waals surface area contributed by atoms with E-state index in [0.29, 0.717) is 18.8 Å². The highest BCUT2D eigenvalue weighted by Gasteiger charge is 2.34. The Morgan fingerprint density at radius 3 is 2.52 bits per heavy atom. The van der Waals surface area contributed by atoms with Crippen LogP contribution in [0.15, 0.2) is 54.6 Å². The molecule has 0 aromatic heterocycles. The topological polar surface area (TPSA) is 69.6 Å². The molecule has 0 bridgehead atoms. The molecule has 2 aromatic rings. The number of hydrogen-bond acceptors (Lipinski definition) is 3. The van der Waals surface area contributed by atoms with Gasteiger partial charge in [-0.15, -0.1) is 0 Å². The van der Waals surface area contributed by atoms with Crippen molar-refractivity contribution in [2.24, 2.45) is 5.92 Å². The van der Waals surface area contributed by atoms with Gasteiger partial charge in [0.25, 0.3) is 0 Å². The average Bonchev–Trinajstić information content (AvgIpc) is 2.96. The van der Waals surface area contributed by atoms with E-state index in [1.165, 1.54) is 12.1 Å². The van der Waals surface area contributed by atoms with Crippen molar-refractivity contribution in [1.82, 2.24) is 5.32 Å². The summed E-state index contributed by atoms with van der Waals surface area (Å²) in [6.45, 7) is 0.827. The van der Waals surface area contributed by atoms with Crippen molar-refractivity contribution in [2.75, 3.05) is 11.4 Å². The molecule has 1 atom stereocenters. The number of carbonyl (C=O) groups is 2. The van der Waals surface area contributed by atoms with Gasteiger partial charge >= 0.3 is 0 Å². The molecule has 2 N–H and O–H groups in total. The van der Waals surface area contributed by atoms with Crippen molar-refractivity contribution in [1.29, 1.82) is 0 Å². The Morgan fingerprint density at radius 1 is 1.13 bits per heavy atom. The van der Waals surface area contributed by atoms with E-state index in [1.807, 2.05) is 30.3 Å². The third kappa shape index (κ3) is 3.51. The maximum atomic E-state index is 12.3. The zero-order valence-corrected chi connectivity index (χ0v) is 12.6. The van der Waals surface area contributed by atoms with Gasteiger partial charge in [0.2, 0.25) is 11.8 Å². The van der Waals surface area contributed by atoms with Gasteiger partial charge in [-0.3, -0.25) is 9.59 Å². The highest BCUT2D eigenvalue weighted by atomic mass is 16.3. The number of anilines is 1. The molecule has 1 aliphatic heterocycles. The molecule has 0 radical (unpaired) electrons. The first-order valence-corrected chi connectivity index (χ1v) is 7.54. The number of nitrogens with one attached hydrogen (secondary N) is 1. The number of carbonyl (C=O) groups excluding carboxylic acids is 2. The first kappa shape index (κ1) is 15.1. The summed E-state index contributed by atoms with van der Waals surface area (Å²) >= 11 is 0. The van der Waals surface area contributed by atoms with E-state index in [2.05, 4.69) is 5.32 Å². The van der Waals surface area contributed by atoms with Crippen molar-refractivity contribution in [3.05, 3.63) is 60.2 Å². The van der Waals surface area contributed by atoms with Gasteiger partial charge in [0, 0.05) is 25.2 Å². The number of phenols is 1. The zero-order valence-electron chi connectivity index (χ0n) is 12.6. The summed E-state index contributed by atoms with van der Waals surface area (Å²) in [4.78, 5) is 26.0. The highest BCUT2D eigenvalue weighted by molar-refractivity contribution is 6.00. The molecule has 0 unspecified atom stereocenters. The quantitative estimate of drug-likeness (QED) is 0.908. The smallest absolute Gasteiger partial charge is 0.227 e. The molecular weight excluding hydrogens is 292 g/mol. The lowest BCUT2D eigenvalue weighted by molar-refractivity contribution is -0.126. The molecule has 1 fully saturated rings. The Kier molecular flexibility index (Phi) is 4.28. The number of aromatic hydroxyl groups is 1. The lowest BCUT2D eigenvalue weighted by Gasteiger charge is -2.16. The van der Waals surface area contributed by atoms with Gasteiger partial charge < -0.3 is 15.3 Å². The third-order valence-corrected chi connectivity index (χ3v) is 3.97. The van der Waals surface area contributed by atoms with Gasteiger partial charge in [-0.2, -0.15) is 0 Å². The van der Waals surface area contributed by atoms with E-state index in [4.69, 9.17) is 0 Å².